The fourth-order valence-corrected chi connectivity index (χ4v) is 0.385. The highest BCUT2D eigenvalue weighted by atomic mass is 16.0. The lowest BCUT2D eigenvalue weighted by Gasteiger charge is -1.69. The molecule has 0 aliphatic carbocycles. The summed E-state index contributed by atoms with van der Waals surface area (Å²) in [5, 5.41) is 0. The number of terminal acetylenes is 1. The first-order valence-electron chi connectivity index (χ1n) is 2.33. The maximum Gasteiger partial charge on any atom is -0.0623 e. The Bertz CT molecular complexity index is 105. The van der Waals surface area contributed by atoms with Crippen LogP contribution in [-0.2, 0) is 0 Å². The summed E-state index contributed by atoms with van der Waals surface area (Å²) < 4.78 is 0. The molecule has 0 radical (unpaired) electrons. The molecule has 0 bridgehead atoms. The molecule has 0 heterocycles. The molecule has 0 fully saturated rings. The van der Waals surface area contributed by atoms with Crippen LogP contribution in [0.2, 0.25) is 0 Å². The number of hydrogen-bond donors (Lipinski definition) is 0. The van der Waals surface area contributed by atoms with Gasteiger partial charge in [-0.15, -0.1) is 12.8 Å². The maximum atomic E-state index is 4.00. The van der Waals surface area contributed by atoms with Gasteiger partial charge < -0.3 is 5.48 Å². The van der Waals surface area contributed by atoms with Gasteiger partial charge in [-0.3, -0.25) is 0 Å². The third-order valence-electron chi connectivity index (χ3n) is 0.667. The van der Waals surface area contributed by atoms with Crippen LogP contribution in [0.5, 0.6) is 0 Å². The maximum absolute atomic E-state index is 4.00. The van der Waals surface area contributed by atoms with E-state index in [4.69, 9.17) is 0 Å². The SMILES string of the molecule is C#C.O.c1ccccc1. The van der Waals surface area contributed by atoms with Crippen molar-refractivity contribution in [2.24, 2.45) is 0 Å². The summed E-state index contributed by atoms with van der Waals surface area (Å²) >= 11 is 0. The highest BCUT2D eigenvalue weighted by Gasteiger charge is 1.57. The summed E-state index contributed by atoms with van der Waals surface area (Å²) in [5.41, 5.74) is 0. The predicted octanol–water partition coefficient (Wildman–Crippen LogP) is 1.11. The van der Waals surface area contributed by atoms with Gasteiger partial charge in [0.05, 0.1) is 0 Å². The van der Waals surface area contributed by atoms with Gasteiger partial charge in [-0.05, 0) is 0 Å². The van der Waals surface area contributed by atoms with Crippen molar-refractivity contribution in [1.82, 2.24) is 0 Å². The molecule has 0 atom stereocenters. The van der Waals surface area contributed by atoms with Crippen molar-refractivity contribution in [3.05, 3.63) is 36.4 Å². The fraction of sp³-hybridized carbons (Fsp3) is 0. The van der Waals surface area contributed by atoms with Crippen molar-refractivity contribution in [3.8, 4) is 12.8 Å². The third kappa shape index (κ3) is 6.74. The molecule has 1 aromatic carbocycles. The Kier molecular flexibility index (Phi) is 11.7. The van der Waals surface area contributed by atoms with Gasteiger partial charge in [-0.25, -0.2) is 0 Å². The molecule has 1 nitrogen and oxygen atoms in total. The van der Waals surface area contributed by atoms with Crippen LogP contribution in [0.4, 0.5) is 0 Å². The molecule has 0 amide bonds. The van der Waals surface area contributed by atoms with Crippen molar-refractivity contribution in [1.29, 1.82) is 0 Å². The van der Waals surface area contributed by atoms with Crippen LogP contribution in [0.25, 0.3) is 0 Å². The minimum atomic E-state index is 0. The largest absolute Gasteiger partial charge is 0.412 e. The fourth-order valence-electron chi connectivity index (χ4n) is 0.385. The van der Waals surface area contributed by atoms with Crippen molar-refractivity contribution in [2.75, 3.05) is 0 Å². The van der Waals surface area contributed by atoms with E-state index in [0.29, 0.717) is 0 Å². The van der Waals surface area contributed by atoms with E-state index < -0.39 is 0 Å². The van der Waals surface area contributed by atoms with Gasteiger partial charge in [0.25, 0.3) is 0 Å². The van der Waals surface area contributed by atoms with Crippen LogP contribution >= 0.6 is 0 Å². The second-order valence-corrected chi connectivity index (χ2v) is 1.15. The zero-order chi connectivity index (χ0) is 6.24. The van der Waals surface area contributed by atoms with E-state index in [1.807, 2.05) is 36.4 Å². The lowest BCUT2D eigenvalue weighted by Crippen LogP contribution is -1.47. The summed E-state index contributed by atoms with van der Waals surface area (Å²) in [4.78, 5) is 0. The van der Waals surface area contributed by atoms with Crippen LogP contribution in [0.1, 0.15) is 0 Å². The molecule has 0 aliphatic rings. The standard InChI is InChI=1S/C6H6.C2H2.H2O/c1-2-4-6-5-3-1;1-2;/h1-6H;1-2H;1H2. The number of hydrogen-bond acceptors (Lipinski definition) is 0. The molecule has 0 spiro atoms. The Morgan fingerprint density at radius 1 is 0.556 bits per heavy atom. The smallest absolute Gasteiger partial charge is 0.0623 e. The molecule has 0 saturated carbocycles. The normalized spacial score (nSPS) is 5.56. The monoisotopic (exact) mass is 122 g/mol. The van der Waals surface area contributed by atoms with E-state index >= 15 is 0 Å². The molecule has 9 heavy (non-hydrogen) atoms. The van der Waals surface area contributed by atoms with Gasteiger partial charge in [0.15, 0.2) is 0 Å². The quantitative estimate of drug-likeness (QED) is 0.462. The topological polar surface area (TPSA) is 31.5 Å². The molecule has 0 unspecified atom stereocenters. The van der Waals surface area contributed by atoms with Gasteiger partial charge in [-0.1, -0.05) is 36.4 Å². The van der Waals surface area contributed by atoms with E-state index in [1.165, 1.54) is 0 Å². The van der Waals surface area contributed by atoms with E-state index in [9.17, 15) is 0 Å². The minimum absolute atomic E-state index is 0. The highest BCUT2D eigenvalue weighted by Crippen LogP contribution is 1.79. The van der Waals surface area contributed by atoms with Crippen LogP contribution in [-0.4, -0.2) is 5.48 Å². The van der Waals surface area contributed by atoms with Gasteiger partial charge in [0.1, 0.15) is 0 Å². The first-order valence-corrected chi connectivity index (χ1v) is 2.33. The molecule has 0 aliphatic heterocycles. The van der Waals surface area contributed by atoms with Crippen molar-refractivity contribution >= 4 is 0 Å². The molecule has 1 aromatic rings. The molecule has 1 heteroatoms. The molecular formula is C8H10O. The molecule has 2 N–H and O–H groups in total. The zero-order valence-corrected chi connectivity index (χ0v) is 5.12. The predicted molar refractivity (Wildman–Crippen MR) is 39.9 cm³/mol. The first kappa shape index (κ1) is 10.7. The van der Waals surface area contributed by atoms with Gasteiger partial charge in [0.2, 0.25) is 0 Å². The van der Waals surface area contributed by atoms with Crippen LogP contribution in [0, 0.1) is 12.8 Å². The minimum Gasteiger partial charge on any atom is -0.412 e. The molecular weight excluding hydrogens is 112 g/mol. The second-order valence-electron chi connectivity index (χ2n) is 1.15. The number of benzene rings is 1. The Labute approximate surface area is 55.6 Å². The van der Waals surface area contributed by atoms with Crippen molar-refractivity contribution < 1.29 is 5.48 Å². The molecule has 48 valence electrons. The highest BCUT2D eigenvalue weighted by molar-refractivity contribution is 4.99. The van der Waals surface area contributed by atoms with E-state index in [-0.39, 0.29) is 5.48 Å². The van der Waals surface area contributed by atoms with Crippen LogP contribution in [0.15, 0.2) is 36.4 Å². The summed E-state index contributed by atoms with van der Waals surface area (Å²) in [5.74, 6) is 0. The Balaban J connectivity index is 0. The Hall–Kier alpha value is -1.26. The molecule has 0 saturated heterocycles. The first-order chi connectivity index (χ1) is 4.00. The van der Waals surface area contributed by atoms with Crippen molar-refractivity contribution in [2.45, 2.75) is 0 Å². The zero-order valence-electron chi connectivity index (χ0n) is 5.12. The van der Waals surface area contributed by atoms with Crippen LogP contribution < -0.4 is 0 Å². The second kappa shape index (κ2) is 9.88. The van der Waals surface area contributed by atoms with Crippen molar-refractivity contribution in [3.63, 3.8) is 0 Å². The van der Waals surface area contributed by atoms with E-state index in [1.54, 1.807) is 0 Å². The summed E-state index contributed by atoms with van der Waals surface area (Å²) in [6.45, 7) is 0. The summed E-state index contributed by atoms with van der Waals surface area (Å²) in [6, 6.07) is 12.0. The van der Waals surface area contributed by atoms with E-state index in [2.05, 4.69) is 12.8 Å². The number of rotatable bonds is 0. The summed E-state index contributed by atoms with van der Waals surface area (Å²) in [7, 11) is 0. The van der Waals surface area contributed by atoms with Gasteiger partial charge in [-0.2, -0.15) is 0 Å². The average molecular weight is 122 g/mol. The summed E-state index contributed by atoms with van der Waals surface area (Å²) in [6.07, 6.45) is 8.00. The lowest BCUT2D eigenvalue weighted by molar-refractivity contribution is 0.824. The molecule has 0 aromatic heterocycles. The molecule has 1 rings (SSSR count). The lowest BCUT2D eigenvalue weighted by atomic mass is 10.4. The van der Waals surface area contributed by atoms with Gasteiger partial charge in [0, 0.05) is 0 Å². The van der Waals surface area contributed by atoms with E-state index in [0.717, 1.165) is 0 Å². The Morgan fingerprint density at radius 2 is 0.667 bits per heavy atom. The van der Waals surface area contributed by atoms with Crippen LogP contribution in [0.3, 0.4) is 0 Å². The third-order valence-corrected chi connectivity index (χ3v) is 0.667. The Morgan fingerprint density at radius 3 is 0.778 bits per heavy atom. The average Bonchev–Trinajstić information content (AvgIpc) is 1.96. The van der Waals surface area contributed by atoms with Gasteiger partial charge >= 0.3 is 0 Å².